The summed E-state index contributed by atoms with van der Waals surface area (Å²) in [4.78, 5) is 12.6. The van der Waals surface area contributed by atoms with Gasteiger partial charge in [-0.15, -0.1) is 0 Å². The van der Waals surface area contributed by atoms with Crippen molar-refractivity contribution in [2.24, 2.45) is 0 Å². The summed E-state index contributed by atoms with van der Waals surface area (Å²) in [5.41, 5.74) is -0.351. The Hall–Kier alpha value is -2.24. The first-order chi connectivity index (χ1) is 17.6. The van der Waals surface area contributed by atoms with Crippen LogP contribution in [-0.4, -0.2) is 66.2 Å². The molecule has 2 fully saturated rings. The van der Waals surface area contributed by atoms with E-state index in [2.05, 4.69) is 9.64 Å². The SMILES string of the molecule is CC(C)(C)OC(=O)C1(S(=O)(=O)C2(OC(F)(F)C(F)F)C=CC(c3ccccc3)C=C2)CCN(C2CC2)CC1. The molecule has 1 aromatic rings. The van der Waals surface area contributed by atoms with E-state index in [1.165, 1.54) is 12.2 Å². The average molecular weight is 560 g/mol. The van der Waals surface area contributed by atoms with Gasteiger partial charge in [0.1, 0.15) is 5.60 Å². The van der Waals surface area contributed by atoms with Crippen molar-refractivity contribution in [1.82, 2.24) is 4.90 Å². The molecule has 11 heteroatoms. The molecule has 0 spiro atoms. The lowest BCUT2D eigenvalue weighted by Crippen LogP contribution is -2.63. The predicted molar refractivity (Wildman–Crippen MR) is 134 cm³/mol. The molecule has 3 aliphatic rings. The van der Waals surface area contributed by atoms with Crippen LogP contribution in [0.15, 0.2) is 54.6 Å². The van der Waals surface area contributed by atoms with E-state index in [1.54, 1.807) is 51.1 Å². The van der Waals surface area contributed by atoms with E-state index in [9.17, 15) is 30.8 Å². The number of ether oxygens (including phenoxy) is 2. The molecule has 1 heterocycles. The first-order valence-electron chi connectivity index (χ1n) is 12.6. The van der Waals surface area contributed by atoms with E-state index in [0.717, 1.165) is 30.6 Å². The Morgan fingerprint density at radius 2 is 1.58 bits per heavy atom. The topological polar surface area (TPSA) is 72.9 Å². The van der Waals surface area contributed by atoms with Crippen LogP contribution in [0.3, 0.4) is 0 Å². The number of hydrogen-bond acceptors (Lipinski definition) is 6. The fourth-order valence-electron chi connectivity index (χ4n) is 5.00. The van der Waals surface area contributed by atoms with Gasteiger partial charge < -0.3 is 9.64 Å². The quantitative estimate of drug-likeness (QED) is 0.247. The maximum atomic E-state index is 14.4. The van der Waals surface area contributed by atoms with E-state index in [1.807, 2.05) is 0 Å². The zero-order chi connectivity index (χ0) is 28.0. The molecule has 0 aromatic heterocycles. The minimum Gasteiger partial charge on any atom is -0.459 e. The summed E-state index contributed by atoms with van der Waals surface area (Å²) in [5, 5.41) is 0. The Morgan fingerprint density at radius 1 is 1.03 bits per heavy atom. The maximum absolute atomic E-state index is 14.4. The lowest BCUT2D eigenvalue weighted by molar-refractivity contribution is -0.313. The number of sulfone groups is 1. The summed E-state index contributed by atoms with van der Waals surface area (Å²) in [5.74, 6) is -1.62. The van der Waals surface area contributed by atoms with Crippen molar-refractivity contribution in [1.29, 1.82) is 0 Å². The molecular formula is C27H33F4NO5S. The second kappa shape index (κ2) is 10.1. The Labute approximate surface area is 220 Å². The molecule has 1 saturated carbocycles. The van der Waals surface area contributed by atoms with E-state index in [0.29, 0.717) is 0 Å². The number of allylic oxidation sites excluding steroid dienone is 2. The summed E-state index contributed by atoms with van der Waals surface area (Å²) in [6, 6.07) is 9.07. The number of esters is 1. The van der Waals surface area contributed by atoms with Crippen LogP contribution in [0.2, 0.25) is 0 Å². The van der Waals surface area contributed by atoms with Crippen LogP contribution in [0.1, 0.15) is 57.9 Å². The predicted octanol–water partition coefficient (Wildman–Crippen LogP) is 5.22. The molecule has 1 aromatic carbocycles. The number of benzene rings is 1. The highest BCUT2D eigenvalue weighted by Crippen LogP contribution is 2.47. The van der Waals surface area contributed by atoms with Gasteiger partial charge in [0, 0.05) is 25.0 Å². The minimum atomic E-state index is -5.11. The fourth-order valence-corrected chi connectivity index (χ4v) is 7.33. The van der Waals surface area contributed by atoms with Gasteiger partial charge in [-0.05, 0) is 64.2 Å². The van der Waals surface area contributed by atoms with Crippen LogP contribution in [0.5, 0.6) is 0 Å². The minimum absolute atomic E-state index is 0.213. The van der Waals surface area contributed by atoms with Crippen molar-refractivity contribution in [3.05, 3.63) is 60.2 Å². The highest BCUT2D eigenvalue weighted by Gasteiger charge is 2.65. The van der Waals surface area contributed by atoms with Crippen molar-refractivity contribution in [3.8, 4) is 0 Å². The normalized spacial score (nSPS) is 26.5. The standard InChI is InChI=1S/C27H33F4NO5S/c1-24(2,3)36-23(33)25(15-17-32(18-16-25)21-9-10-21)38(34,35)26(37-27(30,31)22(28)29)13-11-20(12-14-26)19-7-5-4-6-8-19/h4-8,11-14,20-22H,9-10,15-18H2,1-3H3. The van der Waals surface area contributed by atoms with Crippen LogP contribution in [-0.2, 0) is 24.1 Å². The molecule has 0 atom stereocenters. The molecule has 1 saturated heterocycles. The average Bonchev–Trinajstić information content (AvgIpc) is 3.69. The van der Waals surface area contributed by atoms with Crippen LogP contribution >= 0.6 is 0 Å². The summed E-state index contributed by atoms with van der Waals surface area (Å²) in [6.07, 6.45) is -3.63. The van der Waals surface area contributed by atoms with Crippen molar-refractivity contribution in [3.63, 3.8) is 0 Å². The highest BCUT2D eigenvalue weighted by molar-refractivity contribution is 7.95. The summed E-state index contributed by atoms with van der Waals surface area (Å²) >= 11 is 0. The molecule has 0 amide bonds. The van der Waals surface area contributed by atoms with Gasteiger partial charge >= 0.3 is 18.5 Å². The zero-order valence-electron chi connectivity index (χ0n) is 21.6. The van der Waals surface area contributed by atoms with Crippen molar-refractivity contribution in [2.75, 3.05) is 13.1 Å². The number of hydrogen-bond donors (Lipinski definition) is 0. The number of nitrogens with zero attached hydrogens (tertiary/aromatic N) is 1. The monoisotopic (exact) mass is 559 g/mol. The molecule has 0 N–H and O–H groups in total. The molecule has 0 bridgehead atoms. The van der Waals surface area contributed by atoms with Gasteiger partial charge in [0.2, 0.25) is 14.8 Å². The number of likely N-dealkylation sites (tertiary alicyclic amines) is 1. The summed E-state index contributed by atoms with van der Waals surface area (Å²) in [6.45, 7) is 5.11. The molecule has 0 unspecified atom stereocenters. The Kier molecular flexibility index (Phi) is 7.61. The van der Waals surface area contributed by atoms with Gasteiger partial charge in [-0.3, -0.25) is 9.53 Å². The molecule has 1 aliphatic heterocycles. The first kappa shape index (κ1) is 28.8. The van der Waals surface area contributed by atoms with E-state index in [-0.39, 0.29) is 32.0 Å². The fraction of sp³-hybridized carbons (Fsp3) is 0.593. The number of alkyl halides is 4. The number of piperidine rings is 1. The van der Waals surface area contributed by atoms with E-state index in [4.69, 9.17) is 4.74 Å². The van der Waals surface area contributed by atoms with Gasteiger partial charge in [0.25, 0.3) is 0 Å². The second-order valence-electron chi connectivity index (χ2n) is 11.1. The lowest BCUT2D eigenvalue weighted by atomic mass is 9.93. The summed E-state index contributed by atoms with van der Waals surface area (Å²) < 4.78 is 92.1. The van der Waals surface area contributed by atoms with E-state index < -0.39 is 49.5 Å². The van der Waals surface area contributed by atoms with Gasteiger partial charge in [-0.1, -0.05) is 42.5 Å². The van der Waals surface area contributed by atoms with Crippen LogP contribution in [0, 0.1) is 0 Å². The smallest absolute Gasteiger partial charge is 0.418 e. The molecule has 6 nitrogen and oxygen atoms in total. The van der Waals surface area contributed by atoms with Crippen molar-refractivity contribution >= 4 is 15.8 Å². The van der Waals surface area contributed by atoms with Crippen LogP contribution in [0.25, 0.3) is 0 Å². The van der Waals surface area contributed by atoms with Crippen LogP contribution in [0.4, 0.5) is 17.6 Å². The van der Waals surface area contributed by atoms with Crippen molar-refractivity contribution in [2.45, 2.75) is 86.2 Å². The third-order valence-corrected chi connectivity index (χ3v) is 9.98. The first-order valence-corrected chi connectivity index (χ1v) is 14.1. The highest BCUT2D eigenvalue weighted by atomic mass is 32.2. The summed E-state index contributed by atoms with van der Waals surface area (Å²) in [7, 11) is -5.09. The zero-order valence-corrected chi connectivity index (χ0v) is 22.4. The lowest BCUT2D eigenvalue weighted by Gasteiger charge is -2.45. The molecule has 4 rings (SSSR count). The maximum Gasteiger partial charge on any atom is 0.418 e. The largest absolute Gasteiger partial charge is 0.459 e. The molecule has 2 aliphatic carbocycles. The number of carbonyl (C=O) groups excluding carboxylic acids is 1. The van der Waals surface area contributed by atoms with E-state index >= 15 is 0 Å². The van der Waals surface area contributed by atoms with Crippen molar-refractivity contribution < 1.29 is 40.2 Å². The van der Waals surface area contributed by atoms with Gasteiger partial charge in [0.05, 0.1) is 0 Å². The molecule has 0 radical (unpaired) electrons. The Morgan fingerprint density at radius 3 is 2.05 bits per heavy atom. The van der Waals surface area contributed by atoms with Crippen LogP contribution < -0.4 is 0 Å². The Balaban J connectivity index is 1.80. The second-order valence-corrected chi connectivity index (χ2v) is 13.5. The van der Waals surface area contributed by atoms with Gasteiger partial charge in [-0.25, -0.2) is 17.2 Å². The third-order valence-electron chi connectivity index (χ3n) is 7.18. The Bertz CT molecular complexity index is 1170. The number of carbonyl (C=O) groups is 1. The number of rotatable bonds is 8. The van der Waals surface area contributed by atoms with Gasteiger partial charge in [-0.2, -0.15) is 8.78 Å². The molecular weight excluding hydrogens is 526 g/mol. The molecule has 210 valence electrons. The number of halogens is 4. The third kappa shape index (κ3) is 5.42. The molecule has 38 heavy (non-hydrogen) atoms. The van der Waals surface area contributed by atoms with Gasteiger partial charge in [0.15, 0.2) is 4.75 Å².